The highest BCUT2D eigenvalue weighted by molar-refractivity contribution is 6.23. The molecule has 0 amide bonds. The van der Waals surface area contributed by atoms with Crippen molar-refractivity contribution in [1.29, 1.82) is 0 Å². The molecule has 118 valence electrons. The van der Waals surface area contributed by atoms with E-state index in [9.17, 15) is 0 Å². The van der Waals surface area contributed by atoms with Crippen LogP contribution in [0.3, 0.4) is 0 Å². The highest BCUT2D eigenvalue weighted by Gasteiger charge is 2.11. The molecule has 5 aromatic rings. The third-order valence-corrected chi connectivity index (χ3v) is 4.75. The molecular formula is C23H16N2. The molecule has 0 aliphatic carbocycles. The summed E-state index contributed by atoms with van der Waals surface area (Å²) in [5.74, 6) is 0. The minimum absolute atomic E-state index is 0.941. The standard InChI is InChI=1S/C23H16N2/c1-15-14-24-22-19-10-6-5-9-18(19)21-13-17(16-7-3-2-4-8-16)11-12-20(21)23(22)25-15/h2-14H,1H3. The van der Waals surface area contributed by atoms with E-state index in [0.29, 0.717) is 0 Å². The van der Waals surface area contributed by atoms with Crippen molar-refractivity contribution in [2.24, 2.45) is 0 Å². The van der Waals surface area contributed by atoms with Gasteiger partial charge in [-0.25, -0.2) is 4.98 Å². The fourth-order valence-electron chi connectivity index (χ4n) is 3.57. The second-order valence-electron chi connectivity index (χ2n) is 6.38. The third kappa shape index (κ3) is 2.18. The van der Waals surface area contributed by atoms with Crippen molar-refractivity contribution < 1.29 is 0 Å². The van der Waals surface area contributed by atoms with Crippen LogP contribution in [0, 0.1) is 6.92 Å². The molecule has 0 radical (unpaired) electrons. The monoisotopic (exact) mass is 320 g/mol. The molecule has 0 fully saturated rings. The average Bonchev–Trinajstić information content (AvgIpc) is 2.68. The smallest absolute Gasteiger partial charge is 0.0974 e. The maximum absolute atomic E-state index is 4.79. The molecule has 25 heavy (non-hydrogen) atoms. The highest BCUT2D eigenvalue weighted by atomic mass is 14.8. The second kappa shape index (κ2) is 5.38. The second-order valence-corrected chi connectivity index (χ2v) is 6.38. The molecule has 0 atom stereocenters. The van der Waals surface area contributed by atoms with Crippen LogP contribution in [-0.4, -0.2) is 9.97 Å². The molecule has 0 saturated heterocycles. The summed E-state index contributed by atoms with van der Waals surface area (Å²) < 4.78 is 0. The fourth-order valence-corrected chi connectivity index (χ4v) is 3.57. The van der Waals surface area contributed by atoms with Gasteiger partial charge in [0.15, 0.2) is 0 Å². The van der Waals surface area contributed by atoms with Gasteiger partial charge in [-0.3, -0.25) is 4.98 Å². The van der Waals surface area contributed by atoms with Crippen LogP contribution in [-0.2, 0) is 0 Å². The van der Waals surface area contributed by atoms with Gasteiger partial charge < -0.3 is 0 Å². The molecule has 0 N–H and O–H groups in total. The van der Waals surface area contributed by atoms with Crippen molar-refractivity contribution >= 4 is 32.6 Å². The summed E-state index contributed by atoms with van der Waals surface area (Å²) in [5, 5.41) is 4.76. The zero-order valence-electron chi connectivity index (χ0n) is 13.9. The van der Waals surface area contributed by atoms with E-state index in [2.05, 4.69) is 71.7 Å². The first-order valence-corrected chi connectivity index (χ1v) is 8.44. The van der Waals surface area contributed by atoms with Crippen molar-refractivity contribution in [1.82, 2.24) is 9.97 Å². The molecule has 1 heterocycles. The van der Waals surface area contributed by atoms with Gasteiger partial charge in [-0.2, -0.15) is 0 Å². The summed E-state index contributed by atoms with van der Waals surface area (Å²) in [4.78, 5) is 9.47. The highest BCUT2D eigenvalue weighted by Crippen LogP contribution is 2.35. The molecule has 4 aromatic carbocycles. The minimum atomic E-state index is 0.941. The van der Waals surface area contributed by atoms with E-state index in [4.69, 9.17) is 4.98 Å². The van der Waals surface area contributed by atoms with Crippen LogP contribution in [0.25, 0.3) is 43.7 Å². The molecule has 5 rings (SSSR count). The van der Waals surface area contributed by atoms with E-state index in [1.54, 1.807) is 0 Å². The Balaban J connectivity index is 1.97. The zero-order valence-corrected chi connectivity index (χ0v) is 13.9. The lowest BCUT2D eigenvalue weighted by Gasteiger charge is -2.11. The first-order valence-electron chi connectivity index (χ1n) is 8.44. The Morgan fingerprint density at radius 1 is 0.600 bits per heavy atom. The summed E-state index contributed by atoms with van der Waals surface area (Å²) in [6.07, 6.45) is 1.85. The number of aryl methyl sites for hydroxylation is 1. The van der Waals surface area contributed by atoms with Crippen LogP contribution in [0.5, 0.6) is 0 Å². The number of rotatable bonds is 1. The van der Waals surface area contributed by atoms with Gasteiger partial charge in [0.2, 0.25) is 0 Å². The number of hydrogen-bond acceptors (Lipinski definition) is 2. The molecule has 0 aliphatic heterocycles. The largest absolute Gasteiger partial charge is 0.252 e. The Labute approximate surface area is 145 Å². The van der Waals surface area contributed by atoms with Gasteiger partial charge in [0.05, 0.1) is 16.7 Å². The molecule has 1 aromatic heterocycles. The van der Waals surface area contributed by atoms with Gasteiger partial charge in [-0.1, -0.05) is 66.7 Å². The van der Waals surface area contributed by atoms with Gasteiger partial charge in [-0.05, 0) is 34.9 Å². The molecule has 0 saturated carbocycles. The van der Waals surface area contributed by atoms with E-state index < -0.39 is 0 Å². The Morgan fingerprint density at radius 2 is 1.32 bits per heavy atom. The first kappa shape index (κ1) is 14.1. The quantitative estimate of drug-likeness (QED) is 0.359. The topological polar surface area (TPSA) is 25.8 Å². The Bertz CT molecular complexity index is 1240. The molecule has 0 unspecified atom stereocenters. The number of fused-ring (bicyclic) bond motifs is 6. The van der Waals surface area contributed by atoms with Gasteiger partial charge in [0.1, 0.15) is 0 Å². The van der Waals surface area contributed by atoms with Crippen LogP contribution in [0.2, 0.25) is 0 Å². The predicted octanol–water partition coefficient (Wildman–Crippen LogP) is 5.91. The molecule has 0 aliphatic rings. The number of nitrogens with zero attached hydrogens (tertiary/aromatic N) is 2. The van der Waals surface area contributed by atoms with Crippen molar-refractivity contribution in [3.05, 3.63) is 84.7 Å². The van der Waals surface area contributed by atoms with Gasteiger partial charge in [0, 0.05) is 17.0 Å². The van der Waals surface area contributed by atoms with Crippen molar-refractivity contribution in [3.63, 3.8) is 0 Å². The summed E-state index contributed by atoms with van der Waals surface area (Å²) in [6.45, 7) is 1.99. The minimum Gasteiger partial charge on any atom is -0.252 e. The average molecular weight is 320 g/mol. The fraction of sp³-hybridized carbons (Fsp3) is 0.0435. The van der Waals surface area contributed by atoms with Crippen LogP contribution in [0.4, 0.5) is 0 Å². The van der Waals surface area contributed by atoms with Gasteiger partial charge in [-0.15, -0.1) is 0 Å². The molecule has 0 bridgehead atoms. The van der Waals surface area contributed by atoms with Gasteiger partial charge >= 0.3 is 0 Å². The number of aromatic nitrogens is 2. The Morgan fingerprint density at radius 3 is 2.16 bits per heavy atom. The SMILES string of the molecule is Cc1cnc2c3ccccc3c3cc(-c4ccccc4)ccc3c2n1. The molecule has 2 nitrogen and oxygen atoms in total. The van der Waals surface area contributed by atoms with Crippen LogP contribution >= 0.6 is 0 Å². The molecular weight excluding hydrogens is 304 g/mol. The van der Waals surface area contributed by atoms with Crippen LogP contribution in [0.15, 0.2) is 79.0 Å². The summed E-state index contributed by atoms with van der Waals surface area (Å²) >= 11 is 0. The summed E-state index contributed by atoms with van der Waals surface area (Å²) in [6, 6.07) is 25.6. The summed E-state index contributed by atoms with van der Waals surface area (Å²) in [5.41, 5.74) is 5.34. The lowest BCUT2D eigenvalue weighted by atomic mass is 9.95. The third-order valence-electron chi connectivity index (χ3n) is 4.75. The van der Waals surface area contributed by atoms with Crippen LogP contribution in [0.1, 0.15) is 5.69 Å². The van der Waals surface area contributed by atoms with Gasteiger partial charge in [0.25, 0.3) is 0 Å². The van der Waals surface area contributed by atoms with E-state index in [1.807, 2.05) is 19.2 Å². The van der Waals surface area contributed by atoms with Crippen molar-refractivity contribution in [2.45, 2.75) is 6.92 Å². The maximum atomic E-state index is 4.79. The number of hydrogen-bond donors (Lipinski definition) is 0. The van der Waals surface area contributed by atoms with E-state index in [1.165, 1.54) is 21.9 Å². The van der Waals surface area contributed by atoms with Crippen LogP contribution < -0.4 is 0 Å². The molecule has 0 spiro atoms. The lowest BCUT2D eigenvalue weighted by molar-refractivity contribution is 1.19. The van der Waals surface area contributed by atoms with Crippen molar-refractivity contribution in [3.8, 4) is 11.1 Å². The molecule has 2 heteroatoms. The van der Waals surface area contributed by atoms with E-state index >= 15 is 0 Å². The maximum Gasteiger partial charge on any atom is 0.0974 e. The predicted molar refractivity (Wildman–Crippen MR) is 105 cm³/mol. The van der Waals surface area contributed by atoms with E-state index in [-0.39, 0.29) is 0 Å². The lowest BCUT2D eigenvalue weighted by Crippen LogP contribution is -1.91. The first-order chi connectivity index (χ1) is 12.3. The van der Waals surface area contributed by atoms with E-state index in [0.717, 1.165) is 27.5 Å². The Kier molecular flexibility index (Phi) is 3.04. The summed E-state index contributed by atoms with van der Waals surface area (Å²) in [7, 11) is 0. The normalized spacial score (nSPS) is 11.4. The number of benzene rings is 4. The Hall–Kier alpha value is -3.26. The zero-order chi connectivity index (χ0) is 16.8. The van der Waals surface area contributed by atoms with Crippen molar-refractivity contribution in [2.75, 3.05) is 0 Å².